The van der Waals surface area contributed by atoms with Gasteiger partial charge in [0.05, 0.1) is 185 Å². The van der Waals surface area contributed by atoms with Gasteiger partial charge in [0.25, 0.3) is 0 Å². The Morgan fingerprint density at radius 2 is 0.526 bits per heavy atom. The molecule has 0 bridgehead atoms. The third-order valence-corrected chi connectivity index (χ3v) is 10.4. The predicted octanol–water partition coefficient (Wildman–Crippen LogP) is 6.12. The molecule has 428 valence electrons. The summed E-state index contributed by atoms with van der Waals surface area (Å²) >= 11 is 0. The van der Waals surface area contributed by atoms with Crippen LogP contribution in [-0.2, 0) is 75.8 Å². The van der Waals surface area contributed by atoms with Gasteiger partial charge in [-0.3, -0.25) is 4.79 Å². The SMILES string of the molecule is COCCOCCOCCOCC(COCCOCCOCCOC)Oc1ccc(/C=C/c2ccc(/C=C/c3ccc(C=O)cc3)cc2)cc1OC(COCCOCCOCCOC)COCCOCCOCCOC. The van der Waals surface area contributed by atoms with E-state index in [1.165, 1.54) is 0 Å². The predicted molar refractivity (Wildman–Crippen MR) is 289 cm³/mol. The van der Waals surface area contributed by atoms with Crippen LogP contribution in [0.15, 0.2) is 66.7 Å². The molecule has 0 radical (unpaired) electrons. The first kappa shape index (κ1) is 66.1. The van der Waals surface area contributed by atoms with Gasteiger partial charge in [-0.25, -0.2) is 0 Å². The third-order valence-electron chi connectivity index (χ3n) is 10.4. The highest BCUT2D eigenvalue weighted by Gasteiger charge is 2.20. The van der Waals surface area contributed by atoms with Crippen LogP contribution in [0.1, 0.15) is 32.6 Å². The van der Waals surface area contributed by atoms with E-state index in [4.69, 9.17) is 85.3 Å². The number of ether oxygens (including phenoxy) is 18. The third kappa shape index (κ3) is 35.2. The van der Waals surface area contributed by atoms with Crippen molar-refractivity contribution < 1.29 is 90.1 Å². The van der Waals surface area contributed by atoms with Crippen LogP contribution >= 0.6 is 0 Å². The summed E-state index contributed by atoms with van der Waals surface area (Å²) in [5.41, 5.74) is 4.55. The maximum Gasteiger partial charge on any atom is 0.162 e. The number of aldehydes is 1. The van der Waals surface area contributed by atoms with Crippen molar-refractivity contribution in [3.8, 4) is 11.5 Å². The molecule has 3 aromatic carbocycles. The van der Waals surface area contributed by atoms with Crippen molar-refractivity contribution in [3.63, 3.8) is 0 Å². The van der Waals surface area contributed by atoms with Gasteiger partial charge in [-0.2, -0.15) is 0 Å². The maximum atomic E-state index is 11.1. The van der Waals surface area contributed by atoms with Gasteiger partial charge in [0, 0.05) is 34.0 Å². The molecule has 19 heteroatoms. The van der Waals surface area contributed by atoms with E-state index >= 15 is 0 Å². The van der Waals surface area contributed by atoms with Crippen LogP contribution in [0.5, 0.6) is 11.5 Å². The highest BCUT2D eigenvalue weighted by atomic mass is 16.6. The molecule has 0 aromatic heterocycles. The largest absolute Gasteiger partial charge is 0.482 e. The normalized spacial score (nSPS) is 11.8. The minimum Gasteiger partial charge on any atom is -0.482 e. The van der Waals surface area contributed by atoms with Crippen LogP contribution in [-0.4, -0.2) is 232 Å². The van der Waals surface area contributed by atoms with Gasteiger partial charge in [-0.15, -0.1) is 0 Å². The number of hydrogen-bond acceptors (Lipinski definition) is 19. The van der Waals surface area contributed by atoms with Crippen LogP contribution in [0.3, 0.4) is 0 Å². The molecule has 3 rings (SSSR count). The second-order valence-corrected chi connectivity index (χ2v) is 16.5. The number of rotatable bonds is 53. The summed E-state index contributed by atoms with van der Waals surface area (Å²) < 4.78 is 103. The molecule has 0 unspecified atom stereocenters. The fourth-order valence-corrected chi connectivity index (χ4v) is 6.39. The van der Waals surface area contributed by atoms with E-state index in [0.29, 0.717) is 176 Å². The Balaban J connectivity index is 1.80. The van der Waals surface area contributed by atoms with Crippen molar-refractivity contribution in [1.82, 2.24) is 0 Å². The molecule has 0 aliphatic rings. The second kappa shape index (κ2) is 47.9. The Hall–Kier alpha value is -4.23. The average molecular weight is 1080 g/mol. The molecule has 0 aliphatic carbocycles. The summed E-state index contributed by atoms with van der Waals surface area (Å²) in [7, 11) is 6.54. The molecule has 0 aliphatic heterocycles. The number of carbonyl (C=O) groups excluding carboxylic acids is 1. The fourth-order valence-electron chi connectivity index (χ4n) is 6.39. The van der Waals surface area contributed by atoms with Crippen LogP contribution in [0.2, 0.25) is 0 Å². The molecule has 0 atom stereocenters. The Morgan fingerprint density at radius 3 is 0.816 bits per heavy atom. The van der Waals surface area contributed by atoms with Gasteiger partial charge in [0.2, 0.25) is 0 Å². The molecule has 0 heterocycles. The van der Waals surface area contributed by atoms with Gasteiger partial charge in [0.1, 0.15) is 18.5 Å². The molecular weight excluding hydrogens is 989 g/mol. The topological polar surface area (TPSA) is 183 Å². The Kier molecular flexibility index (Phi) is 41.7. The summed E-state index contributed by atoms with van der Waals surface area (Å²) in [6.07, 6.45) is 7.83. The van der Waals surface area contributed by atoms with E-state index in [-0.39, 0.29) is 26.4 Å². The quantitative estimate of drug-likeness (QED) is 0.0358. The summed E-state index contributed by atoms with van der Waals surface area (Å²) in [6.45, 7) is 11.2. The van der Waals surface area contributed by atoms with Crippen molar-refractivity contribution in [2.75, 3.05) is 213 Å². The van der Waals surface area contributed by atoms with Gasteiger partial charge in [-0.1, -0.05) is 78.9 Å². The number of benzene rings is 3. The summed E-state index contributed by atoms with van der Waals surface area (Å²) in [5.74, 6) is 0.937. The first-order valence-corrected chi connectivity index (χ1v) is 26.0. The molecule has 3 aromatic rings. The van der Waals surface area contributed by atoms with Gasteiger partial charge >= 0.3 is 0 Å². The fraction of sp³-hybridized carbons (Fsp3) is 0.596. The average Bonchev–Trinajstić information content (AvgIpc) is 3.44. The van der Waals surface area contributed by atoms with Crippen molar-refractivity contribution in [2.45, 2.75) is 12.2 Å². The van der Waals surface area contributed by atoms with E-state index in [9.17, 15) is 4.79 Å². The second-order valence-electron chi connectivity index (χ2n) is 16.5. The minimum atomic E-state index is -0.558. The maximum absolute atomic E-state index is 11.1. The number of hydrogen-bond donors (Lipinski definition) is 0. The zero-order chi connectivity index (χ0) is 54.0. The highest BCUT2D eigenvalue weighted by Crippen LogP contribution is 2.32. The Morgan fingerprint density at radius 1 is 0.289 bits per heavy atom. The van der Waals surface area contributed by atoms with Gasteiger partial charge in [0.15, 0.2) is 11.5 Å². The van der Waals surface area contributed by atoms with Crippen LogP contribution in [0.25, 0.3) is 24.3 Å². The molecule has 0 N–H and O–H groups in total. The monoisotopic (exact) mass is 1070 g/mol. The molecule has 19 nitrogen and oxygen atoms in total. The Bertz CT molecular complexity index is 1800. The lowest BCUT2D eigenvalue weighted by atomic mass is 10.1. The number of carbonyl (C=O) groups is 1. The lowest BCUT2D eigenvalue weighted by Crippen LogP contribution is -2.32. The summed E-state index contributed by atoms with van der Waals surface area (Å²) in [5, 5.41) is 0. The van der Waals surface area contributed by atoms with E-state index in [0.717, 1.165) is 28.5 Å². The zero-order valence-electron chi connectivity index (χ0n) is 45.4. The van der Waals surface area contributed by atoms with E-state index in [1.807, 2.05) is 54.6 Å². The van der Waals surface area contributed by atoms with E-state index in [2.05, 4.69) is 24.3 Å². The van der Waals surface area contributed by atoms with Crippen LogP contribution in [0, 0.1) is 0 Å². The molecule has 0 amide bonds. The lowest BCUT2D eigenvalue weighted by Gasteiger charge is -2.24. The first-order valence-electron chi connectivity index (χ1n) is 26.0. The van der Waals surface area contributed by atoms with Crippen LogP contribution < -0.4 is 9.47 Å². The van der Waals surface area contributed by atoms with Gasteiger partial charge < -0.3 is 85.3 Å². The zero-order valence-corrected chi connectivity index (χ0v) is 45.4. The first-order chi connectivity index (χ1) is 37.6. The van der Waals surface area contributed by atoms with Crippen molar-refractivity contribution in [1.29, 1.82) is 0 Å². The van der Waals surface area contributed by atoms with Crippen molar-refractivity contribution in [2.24, 2.45) is 0 Å². The smallest absolute Gasteiger partial charge is 0.162 e. The molecule has 0 saturated heterocycles. The summed E-state index contributed by atoms with van der Waals surface area (Å²) in [6, 6.07) is 21.4. The summed E-state index contributed by atoms with van der Waals surface area (Å²) in [4.78, 5) is 11.1. The highest BCUT2D eigenvalue weighted by molar-refractivity contribution is 5.77. The molecule has 76 heavy (non-hydrogen) atoms. The van der Waals surface area contributed by atoms with Crippen LogP contribution in [0.4, 0.5) is 0 Å². The molecule has 0 fully saturated rings. The molecular formula is C57H86O19. The molecule has 0 saturated carbocycles. The standard InChI is InChI=1S/C57H86O19/c1-59-19-23-63-27-31-67-35-39-71-45-54(46-72-40-36-68-32-28-64-24-20-60-2)75-56-18-17-52(14-11-50-8-5-49(6-9-50)7-10-51-12-15-53(44-58)16-13-51)43-57(56)76-55(47-73-41-37-69-33-29-65-25-21-61-3)48-74-42-38-70-34-30-66-26-22-62-4/h5-18,43-44,54-55H,19-42,45-48H2,1-4H3/b10-7+,14-11+. The molecule has 0 spiro atoms. The lowest BCUT2D eigenvalue weighted by molar-refractivity contribution is -0.0469. The van der Waals surface area contributed by atoms with Gasteiger partial charge in [-0.05, 0) is 34.4 Å². The minimum absolute atomic E-state index is 0.191. The van der Waals surface area contributed by atoms with Crippen molar-refractivity contribution >= 4 is 30.6 Å². The Labute approximate surface area is 451 Å². The van der Waals surface area contributed by atoms with E-state index in [1.54, 1.807) is 40.6 Å². The van der Waals surface area contributed by atoms with Crippen molar-refractivity contribution in [3.05, 3.63) is 94.5 Å². The number of methoxy groups -OCH3 is 4. The van der Waals surface area contributed by atoms with E-state index < -0.39 is 12.2 Å².